The molecule has 0 saturated carbocycles. The molecule has 0 atom stereocenters. The van der Waals surface area contributed by atoms with Gasteiger partial charge < -0.3 is 9.67 Å². The number of aromatic nitrogens is 7. The summed E-state index contributed by atoms with van der Waals surface area (Å²) >= 11 is 0. The summed E-state index contributed by atoms with van der Waals surface area (Å²) in [5, 5.41) is 17.6. The monoisotopic (exact) mass is 367 g/mol. The van der Waals surface area contributed by atoms with Crippen molar-refractivity contribution in [3.63, 3.8) is 0 Å². The lowest BCUT2D eigenvalue weighted by atomic mass is 10.1. The molecule has 0 saturated heterocycles. The molecule has 0 spiro atoms. The van der Waals surface area contributed by atoms with E-state index >= 15 is 0 Å². The largest absolute Gasteiger partial charge is 0.388 e. The van der Waals surface area contributed by atoms with Crippen LogP contribution >= 0.6 is 0 Å². The number of nitrogens with zero attached hydrogens (tertiary/aromatic N) is 7. The predicted octanol–water partition coefficient (Wildman–Crippen LogP) is 2.02. The van der Waals surface area contributed by atoms with Crippen molar-refractivity contribution in [3.05, 3.63) is 59.9 Å². The second-order valence-corrected chi connectivity index (χ2v) is 6.10. The number of aliphatic hydroxyl groups is 1. The van der Waals surface area contributed by atoms with Crippen LogP contribution in [0.2, 0.25) is 0 Å². The Morgan fingerprint density at radius 1 is 1.15 bits per heavy atom. The maximum absolute atomic E-state index is 14.1. The van der Waals surface area contributed by atoms with E-state index in [1.165, 1.54) is 12.3 Å². The van der Waals surface area contributed by atoms with E-state index in [4.69, 9.17) is 0 Å². The highest BCUT2D eigenvalue weighted by atomic mass is 19.1. The zero-order valence-corrected chi connectivity index (χ0v) is 14.7. The Bertz CT molecular complexity index is 1090. The molecule has 0 aliphatic heterocycles. The molecule has 8 nitrogen and oxygen atoms in total. The number of aryl methyl sites for hydroxylation is 1. The van der Waals surface area contributed by atoms with Crippen LogP contribution in [0, 0.1) is 5.82 Å². The number of imidazole rings is 1. The Morgan fingerprint density at radius 2 is 2.04 bits per heavy atom. The first kappa shape index (κ1) is 17.2. The van der Waals surface area contributed by atoms with Crippen molar-refractivity contribution in [2.45, 2.75) is 32.9 Å². The molecule has 4 heterocycles. The molecule has 0 radical (unpaired) electrons. The van der Waals surface area contributed by atoms with Gasteiger partial charge in [-0.2, -0.15) is 0 Å². The first-order valence-electron chi connectivity index (χ1n) is 8.66. The number of fused-ring (bicyclic) bond motifs is 1. The van der Waals surface area contributed by atoms with Crippen molar-refractivity contribution in [2.24, 2.45) is 0 Å². The second-order valence-electron chi connectivity index (χ2n) is 6.10. The lowest BCUT2D eigenvalue weighted by molar-refractivity contribution is 0.270. The van der Waals surface area contributed by atoms with Gasteiger partial charge in [-0.15, -0.1) is 10.2 Å². The summed E-state index contributed by atoms with van der Waals surface area (Å²) < 4.78 is 17.7. The Hall–Kier alpha value is -3.20. The van der Waals surface area contributed by atoms with Crippen molar-refractivity contribution in [1.82, 2.24) is 34.1 Å². The van der Waals surface area contributed by atoms with Crippen molar-refractivity contribution in [1.29, 1.82) is 0 Å². The Labute approximate surface area is 154 Å². The third kappa shape index (κ3) is 3.06. The molecule has 0 aliphatic carbocycles. The van der Waals surface area contributed by atoms with Crippen molar-refractivity contribution >= 4 is 5.65 Å². The second kappa shape index (κ2) is 7.20. The molecule has 0 aliphatic rings. The van der Waals surface area contributed by atoms with Gasteiger partial charge in [-0.1, -0.05) is 13.3 Å². The minimum absolute atomic E-state index is 0.200. The molecule has 1 N–H and O–H groups in total. The van der Waals surface area contributed by atoms with Gasteiger partial charge in [0.25, 0.3) is 0 Å². The number of aliphatic hydroxyl groups excluding tert-OH is 1. The smallest absolute Gasteiger partial charge is 0.167 e. The molecular weight excluding hydrogens is 349 g/mol. The summed E-state index contributed by atoms with van der Waals surface area (Å²) in [6, 6.07) is 2.91. The van der Waals surface area contributed by atoms with E-state index in [2.05, 4.69) is 32.1 Å². The van der Waals surface area contributed by atoms with Gasteiger partial charge >= 0.3 is 0 Å². The first-order chi connectivity index (χ1) is 13.2. The van der Waals surface area contributed by atoms with E-state index in [0.717, 1.165) is 24.1 Å². The predicted molar refractivity (Wildman–Crippen MR) is 95.2 cm³/mol. The van der Waals surface area contributed by atoms with E-state index in [0.29, 0.717) is 23.8 Å². The van der Waals surface area contributed by atoms with Crippen LogP contribution in [-0.4, -0.2) is 39.2 Å². The third-order valence-electron chi connectivity index (χ3n) is 4.36. The van der Waals surface area contributed by atoms with E-state index in [1.54, 1.807) is 29.2 Å². The molecule has 0 unspecified atom stereocenters. The minimum Gasteiger partial charge on any atom is -0.388 e. The van der Waals surface area contributed by atoms with E-state index in [-0.39, 0.29) is 12.3 Å². The molecule has 138 valence electrons. The van der Waals surface area contributed by atoms with Crippen molar-refractivity contribution in [3.8, 4) is 11.5 Å². The van der Waals surface area contributed by atoms with Gasteiger partial charge in [-0.3, -0.25) is 4.40 Å². The summed E-state index contributed by atoms with van der Waals surface area (Å²) in [5.41, 5.74) is 2.63. The van der Waals surface area contributed by atoms with Crippen LogP contribution in [0.15, 0.2) is 37.1 Å². The third-order valence-corrected chi connectivity index (χ3v) is 4.36. The van der Waals surface area contributed by atoms with Crippen LogP contribution in [0.3, 0.4) is 0 Å². The van der Waals surface area contributed by atoms with Crippen molar-refractivity contribution in [2.75, 3.05) is 0 Å². The zero-order valence-electron chi connectivity index (χ0n) is 14.7. The summed E-state index contributed by atoms with van der Waals surface area (Å²) in [7, 11) is 0. The Kier molecular flexibility index (Phi) is 4.59. The summed E-state index contributed by atoms with van der Waals surface area (Å²) in [5.74, 6) is 0.460. The van der Waals surface area contributed by atoms with Crippen LogP contribution in [0.25, 0.3) is 17.2 Å². The number of hydrogen-bond acceptors (Lipinski definition) is 6. The quantitative estimate of drug-likeness (QED) is 0.560. The molecular formula is C18H18FN7O. The molecule has 0 aromatic carbocycles. The molecule has 4 aromatic rings. The van der Waals surface area contributed by atoms with Crippen LogP contribution in [0.1, 0.15) is 30.4 Å². The normalized spacial score (nSPS) is 11.4. The van der Waals surface area contributed by atoms with Crippen LogP contribution < -0.4 is 0 Å². The SMILES string of the molecule is CCCc1c(Cn2ccnc2-c2ncccc2F)ncn2c(CO)nnc12. The average Bonchev–Trinajstić information content (AvgIpc) is 3.31. The summed E-state index contributed by atoms with van der Waals surface area (Å²) in [6.07, 6.45) is 8.19. The van der Waals surface area contributed by atoms with Crippen LogP contribution in [0.4, 0.5) is 4.39 Å². The van der Waals surface area contributed by atoms with Gasteiger partial charge in [-0.05, 0) is 18.6 Å². The highest BCUT2D eigenvalue weighted by Gasteiger charge is 2.17. The lowest BCUT2D eigenvalue weighted by Crippen LogP contribution is -2.10. The number of halogens is 1. The van der Waals surface area contributed by atoms with Gasteiger partial charge in [-0.25, -0.2) is 19.3 Å². The van der Waals surface area contributed by atoms with E-state index < -0.39 is 5.82 Å². The van der Waals surface area contributed by atoms with Gasteiger partial charge in [0.1, 0.15) is 18.6 Å². The standard InChI is InChI=1S/C18H18FN7O/c1-2-4-12-14(22-11-26-15(10-27)23-24-17(12)26)9-25-8-7-21-18(25)16-13(19)5-3-6-20-16/h3,5-8,11,27H,2,4,9-10H2,1H3. The van der Waals surface area contributed by atoms with E-state index in [1.807, 2.05) is 4.57 Å². The van der Waals surface area contributed by atoms with Crippen LogP contribution in [0.5, 0.6) is 0 Å². The molecule has 4 rings (SSSR count). The minimum atomic E-state index is -0.424. The lowest BCUT2D eigenvalue weighted by Gasteiger charge is -2.12. The number of pyridine rings is 1. The maximum atomic E-state index is 14.1. The molecule has 27 heavy (non-hydrogen) atoms. The van der Waals surface area contributed by atoms with E-state index in [9.17, 15) is 9.50 Å². The van der Waals surface area contributed by atoms with Crippen molar-refractivity contribution < 1.29 is 9.50 Å². The number of hydrogen-bond donors (Lipinski definition) is 1. The topological polar surface area (TPSA) is 94.0 Å². The number of rotatable bonds is 6. The van der Waals surface area contributed by atoms with Crippen LogP contribution in [-0.2, 0) is 19.6 Å². The highest BCUT2D eigenvalue weighted by Crippen LogP contribution is 2.22. The fourth-order valence-corrected chi connectivity index (χ4v) is 3.10. The van der Waals surface area contributed by atoms with Gasteiger partial charge in [0, 0.05) is 24.2 Å². The van der Waals surface area contributed by atoms with Gasteiger partial charge in [0.05, 0.1) is 12.2 Å². The fourth-order valence-electron chi connectivity index (χ4n) is 3.10. The maximum Gasteiger partial charge on any atom is 0.167 e. The molecule has 0 amide bonds. The average molecular weight is 367 g/mol. The summed E-state index contributed by atoms with van der Waals surface area (Å²) in [6.45, 7) is 2.26. The Morgan fingerprint density at radius 3 is 2.81 bits per heavy atom. The first-order valence-corrected chi connectivity index (χ1v) is 8.66. The Balaban J connectivity index is 1.78. The molecule has 0 fully saturated rings. The molecule has 0 bridgehead atoms. The molecule has 4 aromatic heterocycles. The van der Waals surface area contributed by atoms with Gasteiger partial charge in [0.2, 0.25) is 0 Å². The van der Waals surface area contributed by atoms with Gasteiger partial charge in [0.15, 0.2) is 23.1 Å². The zero-order chi connectivity index (χ0) is 18.8. The fraction of sp³-hybridized carbons (Fsp3) is 0.278. The highest BCUT2D eigenvalue weighted by molar-refractivity contribution is 5.52. The summed E-state index contributed by atoms with van der Waals surface area (Å²) in [4.78, 5) is 12.9. The molecule has 9 heteroatoms.